The minimum Gasteiger partial charge on any atom is -0.490 e. The lowest BCUT2D eigenvalue weighted by molar-refractivity contribution is -0.140. The number of pyridine rings is 1. The summed E-state index contributed by atoms with van der Waals surface area (Å²) in [6.07, 6.45) is 6.65. The van der Waals surface area contributed by atoms with Crippen molar-refractivity contribution in [2.75, 3.05) is 23.4 Å². The average Bonchev–Trinajstić information content (AvgIpc) is 2.85. The van der Waals surface area contributed by atoms with E-state index >= 15 is 0 Å². The van der Waals surface area contributed by atoms with E-state index in [9.17, 15) is 10.1 Å². The van der Waals surface area contributed by atoms with Gasteiger partial charge in [0.2, 0.25) is 5.96 Å². The Bertz CT molecular complexity index is 1250. The summed E-state index contributed by atoms with van der Waals surface area (Å²) in [5, 5.41) is 23.9. The number of aromatic nitrogens is 1. The molecule has 1 fully saturated rings. The number of nitriles is 2. The monoisotopic (exact) mass is 474 g/mol. The fraction of sp³-hybridized carbons (Fsp3) is 0.375. The highest BCUT2D eigenvalue weighted by atomic mass is 16.6. The van der Waals surface area contributed by atoms with E-state index in [1.807, 2.05) is 19.2 Å². The van der Waals surface area contributed by atoms with E-state index < -0.39 is 6.04 Å². The van der Waals surface area contributed by atoms with Crippen LogP contribution in [-0.2, 0) is 4.79 Å². The SMILES string of the molecule is CCOc1cc(C2N=C(NC#N)Nc3nc(N)c(C#N)c(N)c32)ccc1OC(=O)C1CCCCC1. The number of carbonyl (C=O) groups excluding carboxylic acids is 1. The Hall–Kier alpha value is -4.51. The van der Waals surface area contributed by atoms with Crippen molar-refractivity contribution < 1.29 is 14.3 Å². The van der Waals surface area contributed by atoms with Gasteiger partial charge in [0.15, 0.2) is 17.7 Å². The Morgan fingerprint density at radius 3 is 2.69 bits per heavy atom. The van der Waals surface area contributed by atoms with Gasteiger partial charge in [0.1, 0.15) is 29.3 Å². The van der Waals surface area contributed by atoms with Crippen molar-refractivity contribution in [1.29, 1.82) is 10.5 Å². The number of fused-ring (bicyclic) bond motifs is 1. The highest BCUT2D eigenvalue weighted by molar-refractivity contribution is 5.98. The van der Waals surface area contributed by atoms with Crippen molar-refractivity contribution in [3.63, 3.8) is 0 Å². The summed E-state index contributed by atoms with van der Waals surface area (Å²) in [5.74, 6) is 0.718. The van der Waals surface area contributed by atoms with E-state index in [1.165, 1.54) is 0 Å². The number of guanidine groups is 1. The van der Waals surface area contributed by atoms with Gasteiger partial charge in [0.05, 0.1) is 18.2 Å². The zero-order chi connectivity index (χ0) is 24.9. The molecule has 11 nitrogen and oxygen atoms in total. The number of esters is 1. The molecule has 2 aromatic rings. The van der Waals surface area contributed by atoms with Crippen LogP contribution < -0.4 is 31.6 Å². The molecule has 0 amide bonds. The van der Waals surface area contributed by atoms with Crippen LogP contribution in [0.15, 0.2) is 23.2 Å². The van der Waals surface area contributed by atoms with Gasteiger partial charge in [-0.05, 0) is 37.5 Å². The van der Waals surface area contributed by atoms with E-state index in [0.717, 1.165) is 32.1 Å². The van der Waals surface area contributed by atoms with Crippen molar-refractivity contribution in [2.45, 2.75) is 45.1 Å². The second-order valence-electron chi connectivity index (χ2n) is 8.30. The molecule has 180 valence electrons. The first kappa shape index (κ1) is 23.6. The average molecular weight is 475 g/mol. The molecule has 1 aliphatic carbocycles. The molecule has 0 bridgehead atoms. The summed E-state index contributed by atoms with van der Waals surface area (Å²) in [7, 11) is 0. The minimum absolute atomic E-state index is 0.0341. The molecule has 35 heavy (non-hydrogen) atoms. The van der Waals surface area contributed by atoms with Crippen molar-refractivity contribution in [3.05, 3.63) is 34.9 Å². The number of carbonyl (C=O) groups is 1. The van der Waals surface area contributed by atoms with Crippen LogP contribution in [-0.4, -0.2) is 23.5 Å². The maximum absolute atomic E-state index is 12.7. The summed E-state index contributed by atoms with van der Waals surface area (Å²) in [6, 6.07) is 6.35. The second-order valence-corrected chi connectivity index (χ2v) is 8.30. The number of aliphatic imine (C=N–C) groups is 1. The molecule has 1 saturated carbocycles. The summed E-state index contributed by atoms with van der Waals surface area (Å²) >= 11 is 0. The van der Waals surface area contributed by atoms with Gasteiger partial charge in [0, 0.05) is 5.56 Å². The number of anilines is 3. The van der Waals surface area contributed by atoms with Gasteiger partial charge < -0.3 is 26.3 Å². The van der Waals surface area contributed by atoms with Crippen molar-refractivity contribution >= 4 is 29.3 Å². The first-order chi connectivity index (χ1) is 17.0. The number of rotatable bonds is 5. The molecule has 4 rings (SSSR count). The van der Waals surface area contributed by atoms with E-state index in [-0.39, 0.29) is 40.7 Å². The van der Waals surface area contributed by atoms with Gasteiger partial charge in [-0.15, -0.1) is 0 Å². The van der Waals surface area contributed by atoms with Gasteiger partial charge in [-0.1, -0.05) is 25.3 Å². The molecule has 0 radical (unpaired) electrons. The number of benzene rings is 1. The van der Waals surface area contributed by atoms with E-state index in [1.54, 1.807) is 18.2 Å². The van der Waals surface area contributed by atoms with Crippen LogP contribution in [0.4, 0.5) is 17.3 Å². The molecule has 2 heterocycles. The van der Waals surface area contributed by atoms with Gasteiger partial charge in [-0.25, -0.2) is 9.98 Å². The number of nitrogens with one attached hydrogen (secondary N) is 2. The normalized spacial score (nSPS) is 17.1. The van der Waals surface area contributed by atoms with Gasteiger partial charge >= 0.3 is 5.97 Å². The quantitative estimate of drug-likeness (QED) is 0.217. The largest absolute Gasteiger partial charge is 0.490 e. The van der Waals surface area contributed by atoms with Crippen LogP contribution in [0.5, 0.6) is 11.5 Å². The molecule has 1 unspecified atom stereocenters. The number of hydrogen-bond donors (Lipinski definition) is 4. The lowest BCUT2D eigenvalue weighted by atomic mass is 9.89. The number of nitrogens with two attached hydrogens (primary N) is 2. The third-order valence-corrected chi connectivity index (χ3v) is 6.09. The smallest absolute Gasteiger partial charge is 0.314 e. The maximum Gasteiger partial charge on any atom is 0.314 e. The first-order valence-corrected chi connectivity index (χ1v) is 11.4. The number of ether oxygens (including phenoxy) is 2. The van der Waals surface area contributed by atoms with Crippen LogP contribution >= 0.6 is 0 Å². The van der Waals surface area contributed by atoms with Crippen LogP contribution in [0.25, 0.3) is 0 Å². The molecule has 11 heteroatoms. The van der Waals surface area contributed by atoms with Crippen LogP contribution in [0.2, 0.25) is 0 Å². The minimum atomic E-state index is -0.732. The maximum atomic E-state index is 12.7. The van der Waals surface area contributed by atoms with E-state index in [4.69, 9.17) is 26.2 Å². The fourth-order valence-electron chi connectivity index (χ4n) is 4.40. The van der Waals surface area contributed by atoms with Crippen LogP contribution in [0.3, 0.4) is 0 Å². The highest BCUT2D eigenvalue weighted by Crippen LogP contribution is 2.42. The second kappa shape index (κ2) is 10.2. The Morgan fingerprint density at radius 1 is 1.23 bits per heavy atom. The number of nitrogen functional groups attached to an aromatic ring is 2. The summed E-state index contributed by atoms with van der Waals surface area (Å²) < 4.78 is 11.5. The number of hydrogen-bond acceptors (Lipinski definition) is 11. The van der Waals surface area contributed by atoms with Crippen molar-refractivity contribution in [1.82, 2.24) is 10.3 Å². The molecule has 1 atom stereocenters. The predicted octanol–water partition coefficient (Wildman–Crippen LogP) is 2.94. The molecule has 0 spiro atoms. The molecular weight excluding hydrogens is 448 g/mol. The molecule has 2 aliphatic rings. The molecule has 1 aromatic carbocycles. The zero-order valence-corrected chi connectivity index (χ0v) is 19.3. The molecule has 1 aromatic heterocycles. The Labute approximate surface area is 202 Å². The molecular formula is C24H26N8O3. The summed E-state index contributed by atoms with van der Waals surface area (Å²) in [5.41, 5.74) is 13.5. The number of nitrogens with zero attached hydrogens (tertiary/aromatic N) is 4. The van der Waals surface area contributed by atoms with Crippen molar-refractivity contribution in [3.8, 4) is 23.8 Å². The zero-order valence-electron chi connectivity index (χ0n) is 19.3. The van der Waals surface area contributed by atoms with Crippen molar-refractivity contribution in [2.24, 2.45) is 10.9 Å². The summed E-state index contributed by atoms with van der Waals surface area (Å²) in [6.45, 7) is 2.18. The Morgan fingerprint density at radius 2 is 2.00 bits per heavy atom. The predicted molar refractivity (Wildman–Crippen MR) is 129 cm³/mol. The lowest BCUT2D eigenvalue weighted by Gasteiger charge is -2.26. The molecule has 1 aliphatic heterocycles. The molecule has 0 saturated heterocycles. The fourth-order valence-corrected chi connectivity index (χ4v) is 4.40. The third-order valence-electron chi connectivity index (χ3n) is 6.09. The van der Waals surface area contributed by atoms with E-state index in [0.29, 0.717) is 29.2 Å². The molecule has 6 N–H and O–H groups in total. The van der Waals surface area contributed by atoms with Crippen LogP contribution in [0, 0.1) is 28.7 Å². The standard InChI is InChI=1S/C24H26N8O3/c1-2-34-17-10-14(8-9-16(17)35-23(33)13-6-4-3-5-7-13)20-18-19(27)15(11-25)21(28)31-22(18)32-24(30-20)29-12-26/h8-10,13,20H,2-7H2,1H3,(H6,27,28,29,30,31,32). The Balaban J connectivity index is 1.74. The lowest BCUT2D eigenvalue weighted by Crippen LogP contribution is -2.32. The van der Waals surface area contributed by atoms with Gasteiger partial charge in [-0.3, -0.25) is 10.1 Å². The summed E-state index contributed by atoms with van der Waals surface area (Å²) in [4.78, 5) is 21.5. The van der Waals surface area contributed by atoms with Crippen LogP contribution in [0.1, 0.15) is 61.8 Å². The Kier molecular flexibility index (Phi) is 6.88. The van der Waals surface area contributed by atoms with E-state index in [2.05, 4.69) is 20.6 Å². The van der Waals surface area contributed by atoms with Gasteiger partial charge in [0.25, 0.3) is 0 Å². The highest BCUT2D eigenvalue weighted by Gasteiger charge is 2.31. The third kappa shape index (κ3) is 4.75. The topological polar surface area (TPSA) is 184 Å². The first-order valence-electron chi connectivity index (χ1n) is 11.4. The van der Waals surface area contributed by atoms with Gasteiger partial charge in [-0.2, -0.15) is 10.5 Å².